The number of fused-ring (bicyclic) bond motifs is 1. The minimum absolute atomic E-state index is 0.0964. The molecule has 0 radical (unpaired) electrons. The van der Waals surface area contributed by atoms with Crippen LogP contribution in [0.3, 0.4) is 0 Å². The first-order chi connectivity index (χ1) is 14.4. The molecule has 1 aromatic heterocycles. The molecule has 152 valence electrons. The lowest BCUT2D eigenvalue weighted by molar-refractivity contribution is -0.122. The Balaban J connectivity index is 1.62. The van der Waals surface area contributed by atoms with Crippen molar-refractivity contribution < 1.29 is 18.8 Å². The van der Waals surface area contributed by atoms with Gasteiger partial charge in [-0.25, -0.2) is 0 Å². The molecule has 7 heteroatoms. The van der Waals surface area contributed by atoms with E-state index in [4.69, 9.17) is 4.42 Å². The molecular weight excluding hydrogens is 382 g/mol. The predicted molar refractivity (Wildman–Crippen MR) is 114 cm³/mol. The van der Waals surface area contributed by atoms with E-state index in [2.05, 4.69) is 10.6 Å². The standard InChI is InChI=1S/C23H21N3O4/c1-14-9-10-16(12-15(14)2)24-21(27)13-19-22(28)25-17-6-3-4-7-18(17)26(19)23(29)20-8-5-11-30-20/h3-12,19H,13H2,1-2H3,(H,24,27)(H,25,28)/t19-/m1/s1. The van der Waals surface area contributed by atoms with Crippen LogP contribution in [0.5, 0.6) is 0 Å². The van der Waals surface area contributed by atoms with Crippen molar-refractivity contribution in [1.82, 2.24) is 0 Å². The molecule has 0 spiro atoms. The SMILES string of the molecule is Cc1ccc(NC(=O)C[C@@H]2C(=O)Nc3ccccc3N2C(=O)c2ccco2)cc1C. The highest BCUT2D eigenvalue weighted by atomic mass is 16.3. The van der Waals surface area contributed by atoms with Gasteiger partial charge in [-0.05, 0) is 61.4 Å². The van der Waals surface area contributed by atoms with E-state index >= 15 is 0 Å². The van der Waals surface area contributed by atoms with Gasteiger partial charge in [0.15, 0.2) is 5.76 Å². The summed E-state index contributed by atoms with van der Waals surface area (Å²) in [4.78, 5) is 40.0. The maximum Gasteiger partial charge on any atom is 0.294 e. The second-order valence-electron chi connectivity index (χ2n) is 7.23. The number of hydrogen-bond acceptors (Lipinski definition) is 4. The lowest BCUT2D eigenvalue weighted by Gasteiger charge is -2.35. The zero-order valence-corrected chi connectivity index (χ0v) is 16.6. The molecule has 30 heavy (non-hydrogen) atoms. The molecule has 2 N–H and O–H groups in total. The van der Waals surface area contributed by atoms with E-state index in [1.54, 1.807) is 30.3 Å². The van der Waals surface area contributed by atoms with E-state index in [9.17, 15) is 14.4 Å². The topological polar surface area (TPSA) is 91.7 Å². The molecule has 3 aromatic rings. The number of rotatable bonds is 4. The van der Waals surface area contributed by atoms with Crippen molar-refractivity contribution >= 4 is 34.8 Å². The Hall–Kier alpha value is -3.87. The molecular formula is C23H21N3O4. The fourth-order valence-corrected chi connectivity index (χ4v) is 3.45. The number of carbonyl (C=O) groups is 3. The van der Waals surface area contributed by atoms with Gasteiger partial charge in [0.25, 0.3) is 5.91 Å². The quantitative estimate of drug-likeness (QED) is 0.691. The molecule has 3 amide bonds. The largest absolute Gasteiger partial charge is 0.459 e. The average molecular weight is 403 g/mol. The Morgan fingerprint density at radius 2 is 1.87 bits per heavy atom. The number of furan rings is 1. The fraction of sp³-hybridized carbons (Fsp3) is 0.174. The molecule has 1 aliphatic rings. The highest BCUT2D eigenvalue weighted by Crippen LogP contribution is 2.34. The van der Waals surface area contributed by atoms with Crippen molar-refractivity contribution in [3.8, 4) is 0 Å². The molecule has 1 atom stereocenters. The Kier molecular flexibility index (Phi) is 5.10. The van der Waals surface area contributed by atoms with Crippen LogP contribution in [-0.2, 0) is 9.59 Å². The molecule has 0 bridgehead atoms. The highest BCUT2D eigenvalue weighted by Gasteiger charge is 2.39. The zero-order valence-electron chi connectivity index (χ0n) is 16.6. The third kappa shape index (κ3) is 3.69. The molecule has 2 heterocycles. The van der Waals surface area contributed by atoms with Crippen LogP contribution in [0.25, 0.3) is 0 Å². The van der Waals surface area contributed by atoms with Gasteiger partial charge in [0, 0.05) is 5.69 Å². The van der Waals surface area contributed by atoms with Crippen molar-refractivity contribution in [2.24, 2.45) is 0 Å². The van der Waals surface area contributed by atoms with Crippen molar-refractivity contribution in [2.75, 3.05) is 15.5 Å². The van der Waals surface area contributed by atoms with Gasteiger partial charge in [-0.1, -0.05) is 18.2 Å². The number of hydrogen-bond donors (Lipinski definition) is 2. The third-order valence-corrected chi connectivity index (χ3v) is 5.16. The summed E-state index contributed by atoms with van der Waals surface area (Å²) in [5.41, 5.74) is 3.83. The number of benzene rings is 2. The minimum atomic E-state index is -1.01. The second-order valence-corrected chi connectivity index (χ2v) is 7.23. The van der Waals surface area contributed by atoms with Crippen LogP contribution in [0.15, 0.2) is 65.3 Å². The summed E-state index contributed by atoms with van der Waals surface area (Å²) in [7, 11) is 0. The summed E-state index contributed by atoms with van der Waals surface area (Å²) in [6.07, 6.45) is 1.20. The lowest BCUT2D eigenvalue weighted by Crippen LogP contribution is -2.52. The zero-order chi connectivity index (χ0) is 21.3. The summed E-state index contributed by atoms with van der Waals surface area (Å²) < 4.78 is 5.25. The van der Waals surface area contributed by atoms with E-state index in [1.807, 2.05) is 32.0 Å². The Morgan fingerprint density at radius 3 is 2.60 bits per heavy atom. The summed E-state index contributed by atoms with van der Waals surface area (Å²) in [5.74, 6) is -1.18. The van der Waals surface area contributed by atoms with Crippen LogP contribution in [0.4, 0.5) is 17.1 Å². The van der Waals surface area contributed by atoms with Gasteiger partial charge in [-0.15, -0.1) is 0 Å². The minimum Gasteiger partial charge on any atom is -0.459 e. The molecule has 1 aliphatic heterocycles. The number of amides is 3. The summed E-state index contributed by atoms with van der Waals surface area (Å²) >= 11 is 0. The molecule has 0 unspecified atom stereocenters. The summed E-state index contributed by atoms with van der Waals surface area (Å²) in [6.45, 7) is 3.95. The van der Waals surface area contributed by atoms with Gasteiger partial charge in [0.1, 0.15) is 6.04 Å². The Bertz CT molecular complexity index is 1120. The van der Waals surface area contributed by atoms with Crippen LogP contribution in [0.1, 0.15) is 28.1 Å². The first kappa shape index (κ1) is 19.4. The number of anilines is 3. The van der Waals surface area contributed by atoms with Gasteiger partial charge in [-0.2, -0.15) is 0 Å². The van der Waals surface area contributed by atoms with E-state index in [0.29, 0.717) is 17.1 Å². The maximum absolute atomic E-state index is 13.1. The highest BCUT2D eigenvalue weighted by molar-refractivity contribution is 6.17. The third-order valence-electron chi connectivity index (χ3n) is 5.16. The van der Waals surface area contributed by atoms with Crippen LogP contribution in [0, 0.1) is 13.8 Å². The molecule has 0 saturated carbocycles. The fourth-order valence-electron chi connectivity index (χ4n) is 3.45. The summed E-state index contributed by atoms with van der Waals surface area (Å²) in [5, 5.41) is 5.60. The van der Waals surface area contributed by atoms with Gasteiger partial charge in [-0.3, -0.25) is 19.3 Å². The molecule has 0 fully saturated rings. The first-order valence-corrected chi connectivity index (χ1v) is 9.58. The summed E-state index contributed by atoms with van der Waals surface area (Å²) in [6, 6.07) is 14.7. The van der Waals surface area contributed by atoms with Gasteiger partial charge < -0.3 is 15.1 Å². The predicted octanol–water partition coefficient (Wildman–Crippen LogP) is 3.89. The number of nitrogens with one attached hydrogen (secondary N) is 2. The molecule has 0 aliphatic carbocycles. The van der Waals surface area contributed by atoms with Gasteiger partial charge >= 0.3 is 0 Å². The maximum atomic E-state index is 13.1. The smallest absolute Gasteiger partial charge is 0.294 e. The van der Waals surface area contributed by atoms with Gasteiger partial charge in [0.2, 0.25) is 11.8 Å². The molecule has 0 saturated heterocycles. The van der Waals surface area contributed by atoms with Gasteiger partial charge in [0.05, 0.1) is 24.1 Å². The van der Waals surface area contributed by atoms with E-state index in [0.717, 1.165) is 11.1 Å². The van der Waals surface area contributed by atoms with Crippen LogP contribution in [-0.4, -0.2) is 23.8 Å². The first-order valence-electron chi connectivity index (χ1n) is 9.58. The van der Waals surface area contributed by atoms with E-state index in [1.165, 1.54) is 17.2 Å². The van der Waals surface area contributed by atoms with Crippen molar-refractivity contribution in [2.45, 2.75) is 26.3 Å². The lowest BCUT2D eigenvalue weighted by atomic mass is 10.0. The van der Waals surface area contributed by atoms with Crippen LogP contribution >= 0.6 is 0 Å². The average Bonchev–Trinajstić information content (AvgIpc) is 3.26. The van der Waals surface area contributed by atoms with E-state index in [-0.39, 0.29) is 18.1 Å². The number of carbonyl (C=O) groups excluding carboxylic acids is 3. The normalized spacial score (nSPS) is 15.3. The van der Waals surface area contributed by atoms with Crippen molar-refractivity contribution in [3.05, 3.63) is 77.7 Å². The Labute approximate surface area is 173 Å². The molecule has 2 aromatic carbocycles. The molecule has 4 rings (SSSR count). The Morgan fingerprint density at radius 1 is 1.07 bits per heavy atom. The van der Waals surface area contributed by atoms with Crippen LogP contribution in [0.2, 0.25) is 0 Å². The van der Waals surface area contributed by atoms with E-state index < -0.39 is 17.9 Å². The number of para-hydroxylation sites is 2. The van der Waals surface area contributed by atoms with Crippen molar-refractivity contribution in [3.63, 3.8) is 0 Å². The van der Waals surface area contributed by atoms with Crippen LogP contribution < -0.4 is 15.5 Å². The number of aryl methyl sites for hydroxylation is 2. The number of nitrogens with zero attached hydrogens (tertiary/aromatic N) is 1. The van der Waals surface area contributed by atoms with Crippen molar-refractivity contribution in [1.29, 1.82) is 0 Å². The molecule has 7 nitrogen and oxygen atoms in total. The second kappa shape index (κ2) is 7.87. The monoisotopic (exact) mass is 403 g/mol.